The van der Waals surface area contributed by atoms with Crippen molar-refractivity contribution in [1.82, 2.24) is 0 Å². The van der Waals surface area contributed by atoms with Crippen molar-refractivity contribution in [1.29, 1.82) is 0 Å². The number of nitrogens with zero attached hydrogens (tertiary/aromatic N) is 9. The molecule has 0 saturated heterocycles. The summed E-state index contributed by atoms with van der Waals surface area (Å²) in [5.41, 5.74) is 30.3. The van der Waals surface area contributed by atoms with E-state index in [1.807, 2.05) is 6.92 Å². The lowest BCUT2D eigenvalue weighted by molar-refractivity contribution is -0.142. The lowest BCUT2D eigenvalue weighted by Gasteiger charge is -2.27. The summed E-state index contributed by atoms with van der Waals surface area (Å²) < 4.78 is 180. The highest BCUT2D eigenvalue weighted by molar-refractivity contribution is 9.09. The van der Waals surface area contributed by atoms with Crippen molar-refractivity contribution < 1.29 is 190 Å². The molecule has 0 aliphatic carbocycles. The molecule has 0 aliphatic heterocycles. The second-order valence-corrected chi connectivity index (χ2v) is 29.1. The minimum absolute atomic E-state index is 0.0118. The molecule has 1 aromatic carbocycles. The van der Waals surface area contributed by atoms with Gasteiger partial charge in [-0.05, 0) is 49.5 Å². The topological polar surface area (TPSA) is 636 Å². The number of aliphatic hydroxyl groups is 4. The van der Waals surface area contributed by atoms with Crippen molar-refractivity contribution >= 4 is 43.6 Å². The predicted octanol–water partition coefficient (Wildman–Crippen LogP) is 3.04. The number of Topliss-reactive ketones (excluding diaryl/α,β-unsaturated/α-hetero) is 2. The zero-order chi connectivity index (χ0) is 104. The molecule has 1 aromatic rings. The van der Waals surface area contributed by atoms with Gasteiger partial charge in [0.05, 0.1) is 400 Å². The van der Waals surface area contributed by atoms with Gasteiger partial charge in [0, 0.05) is 52.5 Å². The quantitative estimate of drug-likeness (QED) is 0.0104. The first-order valence-electron chi connectivity index (χ1n) is 45.4. The van der Waals surface area contributed by atoms with Gasteiger partial charge in [-0.3, -0.25) is 13.8 Å². The number of ether oxygens (including phenoxy) is 29. The third-order valence-corrected chi connectivity index (χ3v) is 16.4. The van der Waals surface area contributed by atoms with E-state index in [-0.39, 0.29) is 109 Å². The number of azide groups is 3. The number of carboxylic acid groups (broad SMARTS) is 1. The molecule has 0 amide bonds. The summed E-state index contributed by atoms with van der Waals surface area (Å²) in [6.45, 7) is 29.7. The number of terminal acetylenes is 3. The van der Waals surface area contributed by atoms with Gasteiger partial charge in [-0.2, -0.15) is 8.42 Å². The average Bonchev–Trinajstić information content (AvgIpc) is 0.860. The third kappa shape index (κ3) is 140. The summed E-state index contributed by atoms with van der Waals surface area (Å²) in [6.07, 6.45) is 16.3. The molecule has 0 spiro atoms. The first-order chi connectivity index (χ1) is 68.4. The van der Waals surface area contributed by atoms with Gasteiger partial charge in [0.2, 0.25) is 0 Å². The molecular weight excluding hydrogens is 1950 g/mol. The maximum atomic E-state index is 12.0. The Bertz CT molecular complexity index is 3040. The van der Waals surface area contributed by atoms with Gasteiger partial charge in [-0.25, -0.2) is 4.79 Å². The molecular formula is C88H161BrN10O40S. The van der Waals surface area contributed by atoms with Crippen LogP contribution in [-0.2, 0) is 166 Å². The number of rotatable bonds is 101. The van der Waals surface area contributed by atoms with Crippen LogP contribution in [-0.4, -0.2) is 498 Å². The fourth-order valence-corrected chi connectivity index (χ4v) is 9.73. The predicted molar refractivity (Wildman–Crippen MR) is 514 cm³/mol. The Balaban J connectivity index is -0.000000383. The maximum absolute atomic E-state index is 12.0. The first-order valence-corrected chi connectivity index (χ1v) is 47.9. The summed E-state index contributed by atoms with van der Waals surface area (Å²) >= 11 is 3.13. The molecule has 0 aliphatic rings. The minimum atomic E-state index is -3.75. The highest BCUT2D eigenvalue weighted by Crippen LogP contribution is 2.13. The Morgan fingerprint density at radius 3 is 0.721 bits per heavy atom. The number of halogens is 1. The molecule has 0 saturated carbocycles. The molecule has 0 radical (unpaired) electrons. The maximum Gasteiger partial charge on any atom is 0.329 e. The monoisotopic (exact) mass is 2110 g/mol. The number of aliphatic hydroxyl groups excluding tert-OH is 4. The van der Waals surface area contributed by atoms with E-state index < -0.39 is 21.6 Å². The number of carboxylic acids is 1. The molecule has 7 N–H and O–H groups in total. The number of carbonyl (C=O) groups excluding carboxylic acids is 2. The largest absolute Gasteiger partial charge is 0.480 e. The second kappa shape index (κ2) is 131. The Morgan fingerprint density at radius 2 is 0.536 bits per heavy atom. The van der Waals surface area contributed by atoms with Crippen LogP contribution in [0.5, 0.6) is 0 Å². The summed E-state index contributed by atoms with van der Waals surface area (Å²) in [4.78, 5) is 38.8. The molecule has 50 nitrogen and oxygen atoms in total. The number of hydrogen-bond acceptors (Lipinski definition) is 43. The van der Waals surface area contributed by atoms with Crippen molar-refractivity contribution in [3.8, 4) is 37.0 Å². The number of carbonyl (C=O) groups is 3. The summed E-state index contributed by atoms with van der Waals surface area (Å²) in [7, 11) is -3.75. The molecule has 0 unspecified atom stereocenters. The van der Waals surface area contributed by atoms with Gasteiger partial charge in [-0.1, -0.05) is 66.7 Å². The van der Waals surface area contributed by atoms with Crippen LogP contribution in [0.1, 0.15) is 32.3 Å². The SMILES string of the molecule is C#CCOCC(N)(COCC#C)COCC#C.CC(=O)CCBr.CC(=O)CCOCCOCCOCCOCCOCCOCCN=[N+]=[N-].Cc1ccc(S(=O)(=O)OCCOCCOCCOCCOCCOCCO)cc1.OCCOCCOCCOCCOCCOCCO.[N-]=[N+]=NCCOCCOCCOCCOCCOCC(=O)O.[N-]=[N+]=NCCOCCOCCOCCOCCOCCO. The van der Waals surface area contributed by atoms with E-state index in [1.54, 1.807) is 26.0 Å². The lowest BCUT2D eigenvalue weighted by Crippen LogP contribution is -2.53. The normalized spacial score (nSPS) is 10.7. The number of hydrogen-bond donors (Lipinski definition) is 6. The van der Waals surface area contributed by atoms with Crippen LogP contribution in [0.25, 0.3) is 31.3 Å². The second-order valence-electron chi connectivity index (χ2n) is 26.6. The van der Waals surface area contributed by atoms with Crippen LogP contribution in [0.2, 0.25) is 0 Å². The number of ketones is 2. The highest BCUT2D eigenvalue weighted by atomic mass is 79.9. The van der Waals surface area contributed by atoms with Crippen LogP contribution in [0, 0.1) is 44.0 Å². The molecule has 0 fully saturated rings. The number of benzene rings is 1. The Labute approximate surface area is 834 Å². The van der Waals surface area contributed by atoms with E-state index in [0.717, 1.165) is 10.9 Å². The van der Waals surface area contributed by atoms with Crippen LogP contribution in [0.3, 0.4) is 0 Å². The van der Waals surface area contributed by atoms with Crippen LogP contribution in [0.4, 0.5) is 0 Å². The van der Waals surface area contributed by atoms with Crippen molar-refractivity contribution in [3.63, 3.8) is 0 Å². The molecule has 816 valence electrons. The van der Waals surface area contributed by atoms with Gasteiger partial charge in [0.15, 0.2) is 0 Å². The smallest absolute Gasteiger partial charge is 0.329 e. The van der Waals surface area contributed by atoms with Crippen LogP contribution < -0.4 is 5.73 Å². The Morgan fingerprint density at radius 1 is 0.336 bits per heavy atom. The molecule has 1 rings (SSSR count). The summed E-state index contributed by atoms with van der Waals surface area (Å²) in [5.74, 6) is 6.42. The highest BCUT2D eigenvalue weighted by Gasteiger charge is 2.26. The van der Waals surface area contributed by atoms with Crippen LogP contribution in [0.15, 0.2) is 44.5 Å². The van der Waals surface area contributed by atoms with E-state index in [4.69, 9.17) is 209 Å². The molecule has 0 aromatic heterocycles. The fraction of sp³-hybridized carbons (Fsp3) is 0.830. The first kappa shape index (κ1) is 144. The van der Waals surface area contributed by atoms with Gasteiger partial charge >= 0.3 is 5.97 Å². The average molecular weight is 2110 g/mol. The summed E-state index contributed by atoms with van der Waals surface area (Å²) in [5, 5.41) is 53.0. The standard InChI is InChI=1S/C19H32O9S.C16H31N3O7.C13H17NO3.C12H23N3O7.C12H25N3O6.C12H26O7.C4H7BrO/c1-18-2-4-19(5-3-18)29(21,22)28-17-16-27-15-14-26-13-12-25-11-10-24-9-8-23-7-6-20;1-16(20)2-4-21-6-8-23-10-12-25-14-15-26-13-11-24-9-7-22-5-3-18-19-17;1-4-7-15-10-13(14,11-16-8-5-2)12-17-9-6-3;13-15-14-1-2-18-3-4-19-5-6-20-7-8-21-9-10-22-11-12(16)17;13-15-14-1-3-17-5-7-19-9-11-21-12-10-20-8-6-18-4-2-16;13-1-3-15-5-7-17-9-11-19-12-10-18-8-6-16-4-2-14;1-4(6)2-3-5/h2-5,20H,6-17H2,1H3;2-15H2,1H3;1-3H,7-12,14H2;1-11H2,(H,16,17);16H,1-12H2;13-14H,1-12H2;2-3H2,1H3. The molecule has 52 heteroatoms. The van der Waals surface area contributed by atoms with E-state index in [0.29, 0.717) is 356 Å². The Hall–Kier alpha value is -6.33. The zero-order valence-corrected chi connectivity index (χ0v) is 84.6. The number of aryl methyl sites for hydroxylation is 1. The number of alkyl halides is 1. The van der Waals surface area contributed by atoms with E-state index >= 15 is 0 Å². The lowest BCUT2D eigenvalue weighted by atomic mass is 10.1. The summed E-state index contributed by atoms with van der Waals surface area (Å²) in [6, 6.07) is 6.47. The van der Waals surface area contributed by atoms with Gasteiger partial charge in [0.25, 0.3) is 10.1 Å². The number of aliphatic carboxylic acids is 1. The number of nitrogens with two attached hydrogens (primary N) is 1. The van der Waals surface area contributed by atoms with Crippen LogP contribution >= 0.6 is 15.9 Å². The minimum Gasteiger partial charge on any atom is -0.480 e. The van der Waals surface area contributed by atoms with Gasteiger partial charge in [-0.15, -0.1) is 19.3 Å². The van der Waals surface area contributed by atoms with Gasteiger partial charge in [0.1, 0.15) is 38.0 Å². The Kier molecular flexibility index (Phi) is 135. The van der Waals surface area contributed by atoms with E-state index in [1.165, 1.54) is 12.1 Å². The van der Waals surface area contributed by atoms with Crippen molar-refractivity contribution in [3.05, 3.63) is 61.2 Å². The molecule has 0 atom stereocenters. The molecule has 0 heterocycles. The zero-order valence-electron chi connectivity index (χ0n) is 82.2. The molecule has 140 heavy (non-hydrogen) atoms. The van der Waals surface area contributed by atoms with E-state index in [9.17, 15) is 22.8 Å². The van der Waals surface area contributed by atoms with Crippen molar-refractivity contribution in [2.45, 2.75) is 44.0 Å². The third-order valence-electron chi connectivity index (χ3n) is 14.7. The fourth-order valence-electron chi connectivity index (χ4n) is 8.28. The van der Waals surface area contributed by atoms with Crippen molar-refractivity contribution in [2.24, 2.45) is 21.1 Å². The van der Waals surface area contributed by atoms with E-state index in [2.05, 4.69) is 63.8 Å². The van der Waals surface area contributed by atoms with Crippen molar-refractivity contribution in [2.75, 3.05) is 441 Å². The molecule has 0 bridgehead atoms. The van der Waals surface area contributed by atoms with Gasteiger partial charge < -0.3 is 169 Å².